The van der Waals surface area contributed by atoms with Gasteiger partial charge in [0.15, 0.2) is 0 Å². The third kappa shape index (κ3) is 5.26. The fourth-order valence-electron chi connectivity index (χ4n) is 4.93. The van der Waals surface area contributed by atoms with Crippen molar-refractivity contribution in [3.05, 3.63) is 71.0 Å². The molecular formula is C28H33N3O3S. The van der Waals surface area contributed by atoms with Crippen molar-refractivity contribution in [2.45, 2.75) is 63.3 Å². The maximum atomic E-state index is 13.6. The van der Waals surface area contributed by atoms with E-state index >= 15 is 0 Å². The summed E-state index contributed by atoms with van der Waals surface area (Å²) >= 11 is 0. The van der Waals surface area contributed by atoms with Crippen molar-refractivity contribution >= 4 is 26.7 Å². The Hall–Kier alpha value is -2.77. The normalized spacial score (nSPS) is 18.0. The molecule has 0 saturated heterocycles. The molecule has 0 spiro atoms. The number of aromatic nitrogens is 1. The largest absolute Gasteiger partial charge is 0.352 e. The number of benzene rings is 2. The predicted octanol–water partition coefficient (Wildman–Crippen LogP) is 4.47. The smallest absolute Gasteiger partial charge is 0.241 e. The number of carbonyl (C=O) groups excluding carboxylic acids is 1. The maximum absolute atomic E-state index is 13.6. The van der Waals surface area contributed by atoms with Crippen LogP contribution in [0.25, 0.3) is 10.8 Å². The van der Waals surface area contributed by atoms with E-state index in [1.165, 1.54) is 0 Å². The van der Waals surface area contributed by atoms with Crippen molar-refractivity contribution in [1.29, 1.82) is 0 Å². The Morgan fingerprint density at radius 1 is 1.11 bits per heavy atom. The van der Waals surface area contributed by atoms with Crippen molar-refractivity contribution in [2.24, 2.45) is 11.8 Å². The molecule has 2 aliphatic rings. The Morgan fingerprint density at radius 2 is 1.89 bits per heavy atom. The third-order valence-electron chi connectivity index (χ3n) is 7.03. The first-order chi connectivity index (χ1) is 16.8. The monoisotopic (exact) mass is 491 g/mol. The lowest BCUT2D eigenvalue weighted by Gasteiger charge is -2.27. The second kappa shape index (κ2) is 9.70. The molecule has 184 valence electrons. The Labute approximate surface area is 207 Å². The predicted molar refractivity (Wildman–Crippen MR) is 138 cm³/mol. The minimum absolute atomic E-state index is 0.0177. The van der Waals surface area contributed by atoms with E-state index in [0.29, 0.717) is 43.2 Å². The van der Waals surface area contributed by atoms with Crippen LogP contribution in [-0.4, -0.2) is 25.9 Å². The summed E-state index contributed by atoms with van der Waals surface area (Å²) in [5, 5.41) is 4.64. The first kappa shape index (κ1) is 23.9. The van der Waals surface area contributed by atoms with Gasteiger partial charge in [-0.2, -0.15) is 0 Å². The summed E-state index contributed by atoms with van der Waals surface area (Å²) in [5.74, 6) is 0.481. The van der Waals surface area contributed by atoms with Crippen molar-refractivity contribution < 1.29 is 13.2 Å². The van der Waals surface area contributed by atoms with Crippen molar-refractivity contribution in [3.8, 4) is 0 Å². The summed E-state index contributed by atoms with van der Waals surface area (Å²) < 4.78 is 30.0. The van der Waals surface area contributed by atoms with E-state index in [1.807, 2.05) is 62.5 Å². The Kier molecular flexibility index (Phi) is 6.64. The summed E-state index contributed by atoms with van der Waals surface area (Å²) in [5.41, 5.74) is 3.83. The summed E-state index contributed by atoms with van der Waals surface area (Å²) in [4.78, 5) is 18.0. The van der Waals surface area contributed by atoms with Gasteiger partial charge in [0.25, 0.3) is 0 Å². The van der Waals surface area contributed by atoms with Crippen LogP contribution in [0.15, 0.2) is 53.6 Å². The average molecular weight is 492 g/mol. The number of hydrogen-bond donors (Lipinski definition) is 2. The van der Waals surface area contributed by atoms with Crippen LogP contribution in [0.5, 0.6) is 0 Å². The molecule has 1 heterocycles. The minimum atomic E-state index is -3.71. The number of fused-ring (bicyclic) bond motifs is 2. The lowest BCUT2D eigenvalue weighted by Crippen LogP contribution is -2.35. The van der Waals surface area contributed by atoms with Gasteiger partial charge in [-0.25, -0.2) is 13.1 Å². The number of carbonyl (C=O) groups is 1. The summed E-state index contributed by atoms with van der Waals surface area (Å²) in [7, 11) is -3.71. The van der Waals surface area contributed by atoms with E-state index in [1.54, 1.807) is 0 Å². The number of nitrogens with zero attached hydrogens (tertiary/aromatic N) is 1. The fraction of sp³-hybridized carbons (Fsp3) is 0.429. The number of pyridine rings is 1. The molecule has 1 atom stereocenters. The fourth-order valence-corrected chi connectivity index (χ4v) is 6.65. The number of amides is 1. The van der Waals surface area contributed by atoms with Gasteiger partial charge < -0.3 is 5.32 Å². The molecule has 0 radical (unpaired) electrons. The van der Waals surface area contributed by atoms with Gasteiger partial charge in [-0.1, -0.05) is 44.2 Å². The Balaban J connectivity index is 1.47. The molecule has 1 unspecified atom stereocenters. The summed E-state index contributed by atoms with van der Waals surface area (Å²) in [6.07, 6.45) is 5.75. The molecule has 7 heteroatoms. The maximum Gasteiger partial charge on any atom is 0.241 e. The molecule has 0 aliphatic heterocycles. The van der Waals surface area contributed by atoms with Crippen molar-refractivity contribution in [1.82, 2.24) is 15.0 Å². The first-order valence-corrected chi connectivity index (χ1v) is 14.1. The highest BCUT2D eigenvalue weighted by atomic mass is 32.2. The van der Waals surface area contributed by atoms with Crippen LogP contribution in [0.2, 0.25) is 0 Å². The Morgan fingerprint density at radius 3 is 2.60 bits per heavy atom. The molecule has 2 aromatic carbocycles. The lowest BCUT2D eigenvalue weighted by molar-refractivity contribution is -0.125. The van der Waals surface area contributed by atoms with Gasteiger partial charge in [0.1, 0.15) is 0 Å². The zero-order valence-electron chi connectivity index (χ0n) is 20.4. The summed E-state index contributed by atoms with van der Waals surface area (Å²) in [6.45, 7) is 4.87. The lowest BCUT2D eigenvalue weighted by atomic mass is 9.82. The van der Waals surface area contributed by atoms with E-state index < -0.39 is 10.0 Å². The molecule has 1 aromatic heterocycles. The molecule has 2 N–H and O–H groups in total. The highest BCUT2D eigenvalue weighted by Gasteiger charge is 2.32. The van der Waals surface area contributed by atoms with Gasteiger partial charge in [0.05, 0.1) is 4.90 Å². The van der Waals surface area contributed by atoms with Crippen LogP contribution in [0, 0.1) is 11.8 Å². The molecule has 2 aliphatic carbocycles. The highest BCUT2D eigenvalue weighted by Crippen LogP contribution is 2.42. The number of hydrogen-bond acceptors (Lipinski definition) is 4. The van der Waals surface area contributed by atoms with Gasteiger partial charge in [-0.15, -0.1) is 0 Å². The molecule has 1 saturated carbocycles. The van der Waals surface area contributed by atoms with E-state index in [4.69, 9.17) is 0 Å². The Bertz CT molecular complexity index is 1350. The van der Waals surface area contributed by atoms with E-state index in [2.05, 4.69) is 15.0 Å². The molecule has 1 fully saturated rings. The van der Waals surface area contributed by atoms with Crippen LogP contribution < -0.4 is 10.0 Å². The second-order valence-corrected chi connectivity index (χ2v) is 12.0. The van der Waals surface area contributed by atoms with Crippen LogP contribution in [-0.2, 0) is 34.2 Å². The highest BCUT2D eigenvalue weighted by molar-refractivity contribution is 7.89. The first-order valence-electron chi connectivity index (χ1n) is 12.6. The molecule has 1 amide bonds. The van der Waals surface area contributed by atoms with E-state index in [9.17, 15) is 13.2 Å². The molecular weight excluding hydrogens is 458 g/mol. The van der Waals surface area contributed by atoms with Gasteiger partial charge in [-0.05, 0) is 66.8 Å². The van der Waals surface area contributed by atoms with Gasteiger partial charge in [0, 0.05) is 47.6 Å². The van der Waals surface area contributed by atoms with Gasteiger partial charge >= 0.3 is 0 Å². The molecule has 6 nitrogen and oxygen atoms in total. The number of nitrogens with one attached hydrogen (secondary N) is 2. The second-order valence-electron chi connectivity index (χ2n) is 10.3. The third-order valence-corrected chi connectivity index (χ3v) is 8.58. The average Bonchev–Trinajstić information content (AvgIpc) is 3.70. The van der Waals surface area contributed by atoms with Crippen LogP contribution in [0.1, 0.15) is 61.4 Å². The standard InChI is InChI=1S/C28H33N3O3S/c1-18(2)15-31-35(33,34)27-24-11-10-21(28(32)30-16-19-6-4-3-5-7-19)12-22(24)13-23-17-29-26(14-25(23)27)20-8-9-20/h3-7,13-14,17-18,20-21,31H,8-12,15-16H2,1-2H3,(H,30,32). The van der Waals surface area contributed by atoms with Crippen LogP contribution in [0.3, 0.4) is 0 Å². The van der Waals surface area contributed by atoms with Crippen LogP contribution in [0.4, 0.5) is 0 Å². The molecule has 3 aromatic rings. The number of rotatable bonds is 8. The zero-order valence-corrected chi connectivity index (χ0v) is 21.2. The van der Waals surface area contributed by atoms with E-state index in [0.717, 1.165) is 46.0 Å². The number of sulfonamides is 1. The van der Waals surface area contributed by atoms with E-state index in [-0.39, 0.29) is 17.7 Å². The SMILES string of the molecule is CC(C)CNS(=O)(=O)c1c2c(cc3cnc(C4CC4)cc13)CC(C(=O)NCc1ccccc1)CC2. The zero-order chi connectivity index (χ0) is 24.6. The van der Waals surface area contributed by atoms with Gasteiger partial charge in [-0.3, -0.25) is 9.78 Å². The molecule has 5 rings (SSSR count). The quantitative estimate of drug-likeness (QED) is 0.487. The van der Waals surface area contributed by atoms with Crippen LogP contribution >= 0.6 is 0 Å². The topological polar surface area (TPSA) is 88.2 Å². The molecule has 0 bridgehead atoms. The van der Waals surface area contributed by atoms with Crippen molar-refractivity contribution in [2.75, 3.05) is 6.54 Å². The van der Waals surface area contributed by atoms with Crippen molar-refractivity contribution in [3.63, 3.8) is 0 Å². The summed E-state index contributed by atoms with van der Waals surface area (Å²) in [6, 6.07) is 13.9. The molecule has 35 heavy (non-hydrogen) atoms. The van der Waals surface area contributed by atoms with Gasteiger partial charge in [0.2, 0.25) is 15.9 Å². The minimum Gasteiger partial charge on any atom is -0.352 e.